The fourth-order valence-corrected chi connectivity index (χ4v) is 3.52. The van der Waals surface area contributed by atoms with E-state index in [1.165, 1.54) is 24.7 Å². The Morgan fingerprint density at radius 3 is 2.52 bits per heavy atom. The van der Waals surface area contributed by atoms with E-state index in [-0.39, 0.29) is 18.1 Å². The van der Waals surface area contributed by atoms with Crippen molar-refractivity contribution in [2.75, 3.05) is 6.61 Å². The molecule has 1 aliphatic heterocycles. The van der Waals surface area contributed by atoms with Gasteiger partial charge in [-0.2, -0.15) is 0 Å². The minimum atomic E-state index is -0.774. The fourth-order valence-electron chi connectivity index (χ4n) is 3.52. The van der Waals surface area contributed by atoms with Crippen LogP contribution in [0.3, 0.4) is 0 Å². The number of ether oxygens (including phenoxy) is 1. The summed E-state index contributed by atoms with van der Waals surface area (Å²) in [6.45, 7) is 0.360. The quantitative estimate of drug-likeness (QED) is 0.806. The van der Waals surface area contributed by atoms with Crippen LogP contribution in [0, 0.1) is 5.92 Å². The lowest BCUT2D eigenvalue weighted by atomic mass is 9.85. The first-order chi connectivity index (χ1) is 12.2. The Hall–Kier alpha value is -2.46. The highest BCUT2D eigenvalue weighted by molar-refractivity contribution is 5.38. The van der Waals surface area contributed by atoms with E-state index in [4.69, 9.17) is 9.15 Å². The normalized spacial score (nSPS) is 20.0. The Morgan fingerprint density at radius 1 is 1.08 bits per heavy atom. The molecule has 1 aliphatic carbocycles. The van der Waals surface area contributed by atoms with E-state index in [1.54, 1.807) is 18.2 Å². The van der Waals surface area contributed by atoms with Crippen molar-refractivity contribution >= 4 is 0 Å². The fraction of sp³-hybridized carbons (Fsp3) is 0.333. The number of allylic oxidation sites excluding steroid dienone is 1. The third-order valence-corrected chi connectivity index (χ3v) is 4.93. The summed E-state index contributed by atoms with van der Waals surface area (Å²) >= 11 is 0. The van der Waals surface area contributed by atoms with Crippen LogP contribution < -0.4 is 0 Å². The highest BCUT2D eigenvalue weighted by Crippen LogP contribution is 2.48. The average Bonchev–Trinajstić information content (AvgIpc) is 3.29. The lowest BCUT2D eigenvalue weighted by Gasteiger charge is -2.26. The van der Waals surface area contributed by atoms with Gasteiger partial charge in [-0.1, -0.05) is 30.3 Å². The molecule has 4 heteroatoms. The van der Waals surface area contributed by atoms with E-state index in [0.29, 0.717) is 24.0 Å². The minimum absolute atomic E-state index is 0.203. The monoisotopic (exact) mass is 338 g/mol. The van der Waals surface area contributed by atoms with Crippen molar-refractivity contribution in [2.24, 2.45) is 5.92 Å². The lowest BCUT2D eigenvalue weighted by molar-refractivity contribution is 0.114. The van der Waals surface area contributed by atoms with Gasteiger partial charge in [-0.05, 0) is 36.5 Å². The molecule has 2 unspecified atom stereocenters. The maximum atomic E-state index is 10.6. The number of furan rings is 1. The summed E-state index contributed by atoms with van der Waals surface area (Å²) in [5.41, 5.74) is 2.16. The third-order valence-electron chi connectivity index (χ3n) is 4.93. The van der Waals surface area contributed by atoms with E-state index >= 15 is 0 Å². The van der Waals surface area contributed by atoms with Crippen LogP contribution in [0.5, 0.6) is 0 Å². The zero-order valence-corrected chi connectivity index (χ0v) is 14.0. The highest BCUT2D eigenvalue weighted by Gasteiger charge is 2.37. The summed E-state index contributed by atoms with van der Waals surface area (Å²) in [5.74, 6) is 2.13. The number of aliphatic hydroxyl groups is 2. The molecular formula is C21H22O4. The molecule has 1 aromatic heterocycles. The van der Waals surface area contributed by atoms with Crippen molar-refractivity contribution in [2.45, 2.75) is 31.3 Å². The van der Waals surface area contributed by atoms with Gasteiger partial charge in [0.25, 0.3) is 0 Å². The summed E-state index contributed by atoms with van der Waals surface area (Å²) < 4.78 is 11.1. The van der Waals surface area contributed by atoms with Gasteiger partial charge in [0.15, 0.2) is 0 Å². The van der Waals surface area contributed by atoms with Gasteiger partial charge in [-0.3, -0.25) is 0 Å². The van der Waals surface area contributed by atoms with Crippen molar-refractivity contribution < 1.29 is 19.4 Å². The summed E-state index contributed by atoms with van der Waals surface area (Å²) in [6, 6.07) is 13.8. The predicted octanol–water partition coefficient (Wildman–Crippen LogP) is 4.62. The zero-order valence-electron chi connectivity index (χ0n) is 14.0. The molecule has 0 bridgehead atoms. The van der Waals surface area contributed by atoms with Crippen molar-refractivity contribution in [1.29, 1.82) is 0 Å². The van der Waals surface area contributed by atoms with E-state index in [0.717, 1.165) is 5.57 Å². The molecule has 2 N–H and O–H groups in total. The molecule has 4 rings (SSSR count). The van der Waals surface area contributed by atoms with E-state index < -0.39 is 6.10 Å². The second-order valence-corrected chi connectivity index (χ2v) is 6.77. The van der Waals surface area contributed by atoms with Crippen LogP contribution in [0.4, 0.5) is 0 Å². The summed E-state index contributed by atoms with van der Waals surface area (Å²) in [4.78, 5) is 0. The zero-order chi connectivity index (χ0) is 17.2. The van der Waals surface area contributed by atoms with Crippen molar-refractivity contribution in [3.05, 3.63) is 83.2 Å². The highest BCUT2D eigenvalue weighted by atomic mass is 16.5. The van der Waals surface area contributed by atoms with Crippen molar-refractivity contribution in [3.63, 3.8) is 0 Å². The van der Waals surface area contributed by atoms with Gasteiger partial charge in [0, 0.05) is 24.0 Å². The number of aliphatic hydroxyl groups excluding tert-OH is 2. The predicted molar refractivity (Wildman–Crippen MR) is 93.9 cm³/mol. The molecule has 2 atom stereocenters. The first kappa shape index (κ1) is 16.0. The molecule has 130 valence electrons. The number of benzene rings is 1. The van der Waals surface area contributed by atoms with Crippen molar-refractivity contribution in [1.82, 2.24) is 0 Å². The van der Waals surface area contributed by atoms with E-state index in [9.17, 15) is 10.2 Å². The molecule has 1 fully saturated rings. The molecule has 1 saturated carbocycles. The average molecular weight is 338 g/mol. The van der Waals surface area contributed by atoms with Crippen LogP contribution in [-0.2, 0) is 4.74 Å². The van der Waals surface area contributed by atoms with E-state index in [2.05, 4.69) is 12.1 Å². The van der Waals surface area contributed by atoms with Crippen molar-refractivity contribution in [3.8, 4) is 0 Å². The summed E-state index contributed by atoms with van der Waals surface area (Å²) in [7, 11) is 0. The second-order valence-electron chi connectivity index (χ2n) is 6.77. The van der Waals surface area contributed by atoms with Gasteiger partial charge < -0.3 is 19.4 Å². The SMILES string of the molecule is OC1=C(C(c2ccccc2)C2CC2)COC(CC(O)c2ccco2)=C1. The first-order valence-electron chi connectivity index (χ1n) is 8.74. The lowest BCUT2D eigenvalue weighted by Crippen LogP contribution is -2.17. The minimum Gasteiger partial charge on any atom is -0.508 e. The Balaban J connectivity index is 1.55. The molecule has 1 aromatic carbocycles. The molecule has 25 heavy (non-hydrogen) atoms. The largest absolute Gasteiger partial charge is 0.508 e. The molecule has 0 radical (unpaired) electrons. The Morgan fingerprint density at radius 2 is 1.88 bits per heavy atom. The Labute approximate surface area is 147 Å². The molecule has 0 spiro atoms. The maximum absolute atomic E-state index is 10.6. The third kappa shape index (κ3) is 3.49. The van der Waals surface area contributed by atoms with Gasteiger partial charge in [0.2, 0.25) is 0 Å². The topological polar surface area (TPSA) is 62.8 Å². The first-order valence-corrected chi connectivity index (χ1v) is 8.74. The molecule has 0 amide bonds. The molecule has 2 heterocycles. The summed E-state index contributed by atoms with van der Waals surface area (Å²) in [5, 5.41) is 20.8. The van der Waals surface area contributed by atoms with Crippen LogP contribution >= 0.6 is 0 Å². The van der Waals surface area contributed by atoms with Crippen LogP contribution in [0.2, 0.25) is 0 Å². The van der Waals surface area contributed by atoms with Crippen LogP contribution in [-0.4, -0.2) is 16.8 Å². The van der Waals surface area contributed by atoms with Crippen LogP contribution in [0.15, 0.2) is 76.3 Å². The van der Waals surface area contributed by atoms with Gasteiger partial charge in [0.1, 0.15) is 30.0 Å². The standard InChI is InChI=1S/C21H22O4/c22-18-11-16(12-19(23)20-7-4-10-24-20)25-13-17(18)21(15-8-9-15)14-5-2-1-3-6-14/h1-7,10-11,15,19,21-23H,8-9,12-13H2. The number of hydrogen-bond donors (Lipinski definition) is 2. The maximum Gasteiger partial charge on any atom is 0.132 e. The van der Waals surface area contributed by atoms with Gasteiger partial charge in [-0.25, -0.2) is 0 Å². The number of hydrogen-bond acceptors (Lipinski definition) is 4. The van der Waals surface area contributed by atoms with Gasteiger partial charge in [-0.15, -0.1) is 0 Å². The molecule has 2 aliphatic rings. The van der Waals surface area contributed by atoms with E-state index in [1.807, 2.05) is 18.2 Å². The Bertz CT molecular complexity index is 769. The van der Waals surface area contributed by atoms with Crippen LogP contribution in [0.25, 0.3) is 0 Å². The van der Waals surface area contributed by atoms with Gasteiger partial charge in [0.05, 0.1) is 6.26 Å². The summed E-state index contributed by atoms with van der Waals surface area (Å²) in [6.07, 6.45) is 5.05. The Kier molecular flexibility index (Phi) is 4.36. The molecular weight excluding hydrogens is 316 g/mol. The molecule has 0 saturated heterocycles. The second kappa shape index (κ2) is 6.81. The van der Waals surface area contributed by atoms with Crippen LogP contribution in [0.1, 0.15) is 42.6 Å². The van der Waals surface area contributed by atoms with Gasteiger partial charge >= 0.3 is 0 Å². The number of rotatable bonds is 6. The molecule has 4 nitrogen and oxygen atoms in total. The smallest absolute Gasteiger partial charge is 0.132 e. The molecule has 2 aromatic rings.